The van der Waals surface area contributed by atoms with Crippen molar-refractivity contribution in [3.8, 4) is 0 Å². The van der Waals surface area contributed by atoms with Crippen LogP contribution in [0, 0.1) is 6.92 Å². The Kier molecular flexibility index (Phi) is 2.66. The van der Waals surface area contributed by atoms with Crippen molar-refractivity contribution in [3.05, 3.63) is 42.2 Å². The first-order valence-corrected chi connectivity index (χ1v) is 3.88. The molecule has 1 atom stereocenters. The van der Waals surface area contributed by atoms with Gasteiger partial charge in [-0.2, -0.15) is 0 Å². The zero-order valence-corrected chi connectivity index (χ0v) is 7.17. The van der Waals surface area contributed by atoms with Crippen molar-refractivity contribution in [2.45, 2.75) is 12.3 Å². The molecular formula is C9H10ClN. The number of hydrogen-bond donors (Lipinski definition) is 0. The lowest BCUT2D eigenvalue weighted by atomic mass is 10.2. The summed E-state index contributed by atoms with van der Waals surface area (Å²) in [5.41, 5.74) is 1.84. The second-order valence-corrected chi connectivity index (χ2v) is 2.81. The first-order chi connectivity index (χ1) is 5.24. The molecule has 11 heavy (non-hydrogen) atoms. The fourth-order valence-corrected chi connectivity index (χ4v) is 0.960. The molecule has 0 aliphatic carbocycles. The Morgan fingerprint density at radius 1 is 1.64 bits per heavy atom. The standard InChI is InChI=1S/C9H10ClN/c1-3-8(10)9-6-4-5-7(2)11-9/h3-6,8H,1H2,2H3. The Labute approximate surface area is 71.7 Å². The summed E-state index contributed by atoms with van der Waals surface area (Å²) >= 11 is 5.88. The molecule has 0 aliphatic heterocycles. The molecule has 0 N–H and O–H groups in total. The number of nitrogens with zero attached hydrogens (tertiary/aromatic N) is 1. The molecule has 1 nitrogen and oxygen atoms in total. The van der Waals surface area contributed by atoms with Crippen LogP contribution in [0.4, 0.5) is 0 Å². The SMILES string of the molecule is C=CC(Cl)c1cccc(C)n1. The van der Waals surface area contributed by atoms with Crippen molar-refractivity contribution in [3.63, 3.8) is 0 Å². The Hall–Kier alpha value is -0.820. The first-order valence-electron chi connectivity index (χ1n) is 3.44. The molecule has 0 radical (unpaired) electrons. The van der Waals surface area contributed by atoms with Gasteiger partial charge in [-0.05, 0) is 19.1 Å². The van der Waals surface area contributed by atoms with Crippen molar-refractivity contribution in [1.82, 2.24) is 4.98 Å². The van der Waals surface area contributed by atoms with Crippen LogP contribution in [-0.4, -0.2) is 4.98 Å². The number of aromatic nitrogens is 1. The van der Waals surface area contributed by atoms with Gasteiger partial charge in [0.1, 0.15) is 0 Å². The number of rotatable bonds is 2. The van der Waals surface area contributed by atoms with Crippen LogP contribution in [0.3, 0.4) is 0 Å². The van der Waals surface area contributed by atoms with E-state index in [-0.39, 0.29) is 5.38 Å². The van der Waals surface area contributed by atoms with E-state index < -0.39 is 0 Å². The van der Waals surface area contributed by atoms with Gasteiger partial charge in [-0.25, -0.2) is 0 Å². The molecule has 0 saturated heterocycles. The van der Waals surface area contributed by atoms with E-state index in [1.165, 1.54) is 0 Å². The molecule has 2 heteroatoms. The van der Waals surface area contributed by atoms with Gasteiger partial charge in [-0.15, -0.1) is 18.2 Å². The lowest BCUT2D eigenvalue weighted by molar-refractivity contribution is 1.04. The minimum atomic E-state index is -0.171. The van der Waals surface area contributed by atoms with Crippen molar-refractivity contribution < 1.29 is 0 Å². The summed E-state index contributed by atoms with van der Waals surface area (Å²) in [5.74, 6) is 0. The molecule has 0 fully saturated rings. The number of alkyl halides is 1. The zero-order valence-electron chi connectivity index (χ0n) is 6.42. The summed E-state index contributed by atoms with van der Waals surface area (Å²) < 4.78 is 0. The third-order valence-corrected chi connectivity index (χ3v) is 1.80. The van der Waals surface area contributed by atoms with Crippen molar-refractivity contribution >= 4 is 11.6 Å². The van der Waals surface area contributed by atoms with Crippen molar-refractivity contribution in [2.24, 2.45) is 0 Å². The van der Waals surface area contributed by atoms with Crippen molar-refractivity contribution in [2.75, 3.05) is 0 Å². The normalized spacial score (nSPS) is 12.5. The monoisotopic (exact) mass is 167 g/mol. The molecular weight excluding hydrogens is 158 g/mol. The van der Waals surface area contributed by atoms with Gasteiger partial charge < -0.3 is 0 Å². The second kappa shape index (κ2) is 3.54. The molecule has 0 aromatic carbocycles. The van der Waals surface area contributed by atoms with Crippen LogP contribution in [0.5, 0.6) is 0 Å². The summed E-state index contributed by atoms with van der Waals surface area (Å²) in [6, 6.07) is 5.78. The maximum atomic E-state index is 5.88. The van der Waals surface area contributed by atoms with Crippen molar-refractivity contribution in [1.29, 1.82) is 0 Å². The quantitative estimate of drug-likeness (QED) is 0.488. The molecule has 0 bridgehead atoms. The minimum Gasteiger partial charge on any atom is -0.256 e. The van der Waals surface area contributed by atoms with E-state index in [2.05, 4.69) is 11.6 Å². The van der Waals surface area contributed by atoms with E-state index in [4.69, 9.17) is 11.6 Å². The van der Waals surface area contributed by atoms with Crippen LogP contribution < -0.4 is 0 Å². The average Bonchev–Trinajstić information content (AvgIpc) is 2.03. The van der Waals surface area contributed by atoms with E-state index in [1.54, 1.807) is 6.08 Å². The highest BCUT2D eigenvalue weighted by Gasteiger charge is 2.02. The molecule has 1 aromatic rings. The molecule has 0 aliphatic rings. The minimum absolute atomic E-state index is 0.171. The average molecular weight is 168 g/mol. The Balaban J connectivity index is 2.95. The number of allylic oxidation sites excluding steroid dienone is 1. The summed E-state index contributed by atoms with van der Waals surface area (Å²) in [6.45, 7) is 5.54. The lowest BCUT2D eigenvalue weighted by Crippen LogP contribution is -1.91. The smallest absolute Gasteiger partial charge is 0.0935 e. The molecule has 58 valence electrons. The summed E-state index contributed by atoms with van der Waals surface area (Å²) in [7, 11) is 0. The largest absolute Gasteiger partial charge is 0.256 e. The number of halogens is 1. The van der Waals surface area contributed by atoms with E-state index >= 15 is 0 Å². The summed E-state index contributed by atoms with van der Waals surface area (Å²) in [6.07, 6.45) is 1.67. The predicted octanol–water partition coefficient (Wildman–Crippen LogP) is 2.86. The molecule has 1 heterocycles. The second-order valence-electron chi connectivity index (χ2n) is 2.34. The number of hydrogen-bond acceptors (Lipinski definition) is 1. The number of pyridine rings is 1. The van der Waals surface area contributed by atoms with Crippen LogP contribution in [0.1, 0.15) is 16.8 Å². The fraction of sp³-hybridized carbons (Fsp3) is 0.222. The Bertz CT molecular complexity index is 257. The molecule has 0 spiro atoms. The first kappa shape index (κ1) is 8.28. The fourth-order valence-electron chi connectivity index (χ4n) is 0.838. The predicted molar refractivity (Wildman–Crippen MR) is 47.8 cm³/mol. The maximum absolute atomic E-state index is 5.88. The Morgan fingerprint density at radius 2 is 2.36 bits per heavy atom. The van der Waals surface area contributed by atoms with Crippen LogP contribution >= 0.6 is 11.6 Å². The molecule has 1 aromatic heterocycles. The number of aryl methyl sites for hydroxylation is 1. The van der Waals surface area contributed by atoms with Gasteiger partial charge in [0, 0.05) is 5.69 Å². The van der Waals surface area contributed by atoms with Gasteiger partial charge in [-0.3, -0.25) is 4.98 Å². The van der Waals surface area contributed by atoms with Gasteiger partial charge in [0.05, 0.1) is 11.1 Å². The highest BCUT2D eigenvalue weighted by atomic mass is 35.5. The van der Waals surface area contributed by atoms with E-state index in [0.717, 1.165) is 11.4 Å². The Morgan fingerprint density at radius 3 is 2.91 bits per heavy atom. The zero-order chi connectivity index (χ0) is 8.27. The van der Waals surface area contributed by atoms with Gasteiger partial charge in [0.25, 0.3) is 0 Å². The highest BCUT2D eigenvalue weighted by molar-refractivity contribution is 6.21. The van der Waals surface area contributed by atoms with Gasteiger partial charge in [0.15, 0.2) is 0 Å². The maximum Gasteiger partial charge on any atom is 0.0935 e. The molecule has 0 saturated carbocycles. The van der Waals surface area contributed by atoms with Crippen LogP contribution in [-0.2, 0) is 0 Å². The molecule has 0 amide bonds. The van der Waals surface area contributed by atoms with Gasteiger partial charge in [0.2, 0.25) is 0 Å². The highest BCUT2D eigenvalue weighted by Crippen LogP contribution is 2.18. The van der Waals surface area contributed by atoms with Gasteiger partial charge in [-0.1, -0.05) is 12.1 Å². The van der Waals surface area contributed by atoms with Crippen LogP contribution in [0.25, 0.3) is 0 Å². The molecule has 1 rings (SSSR count). The van der Waals surface area contributed by atoms with Gasteiger partial charge >= 0.3 is 0 Å². The van der Waals surface area contributed by atoms with E-state index in [9.17, 15) is 0 Å². The van der Waals surface area contributed by atoms with E-state index in [0.29, 0.717) is 0 Å². The lowest BCUT2D eigenvalue weighted by Gasteiger charge is -2.02. The van der Waals surface area contributed by atoms with Crippen LogP contribution in [0.15, 0.2) is 30.9 Å². The summed E-state index contributed by atoms with van der Waals surface area (Å²) in [5, 5.41) is -0.171. The third kappa shape index (κ3) is 2.05. The molecule has 1 unspecified atom stereocenters. The van der Waals surface area contributed by atoms with Crippen LogP contribution in [0.2, 0.25) is 0 Å². The topological polar surface area (TPSA) is 12.9 Å². The van der Waals surface area contributed by atoms with E-state index in [1.807, 2.05) is 25.1 Å². The third-order valence-electron chi connectivity index (χ3n) is 1.40. The summed E-state index contributed by atoms with van der Waals surface area (Å²) in [4.78, 5) is 4.24.